The van der Waals surface area contributed by atoms with E-state index in [4.69, 9.17) is 6.42 Å². The minimum Gasteiger partial charge on any atom is -0.258 e. The molecule has 1 aromatic rings. The molecule has 0 unspecified atom stereocenters. The van der Waals surface area contributed by atoms with Gasteiger partial charge in [-0.3, -0.25) is 10.1 Å². The van der Waals surface area contributed by atoms with Crippen molar-refractivity contribution in [3.05, 3.63) is 34.1 Å². The van der Waals surface area contributed by atoms with Gasteiger partial charge < -0.3 is 0 Å². The van der Waals surface area contributed by atoms with Crippen LogP contribution in [0.1, 0.15) is 6.42 Å². The van der Waals surface area contributed by atoms with Gasteiger partial charge in [0, 0.05) is 19.0 Å². The zero-order valence-electron chi connectivity index (χ0n) is 9.09. The number of rotatable bonds is 5. The van der Waals surface area contributed by atoms with Crippen molar-refractivity contribution in [1.82, 2.24) is 4.72 Å². The van der Waals surface area contributed by atoms with Crippen LogP contribution in [-0.4, -0.2) is 19.9 Å². The lowest BCUT2D eigenvalue weighted by molar-refractivity contribution is -0.387. The minimum absolute atomic E-state index is 0.00398. The summed E-state index contributed by atoms with van der Waals surface area (Å²) < 4.78 is 38.5. The number of nitrogens with zero attached hydrogens (tertiary/aromatic N) is 1. The van der Waals surface area contributed by atoms with Gasteiger partial charge in [-0.05, 0) is 12.1 Å². The highest BCUT2D eigenvalue weighted by atomic mass is 32.2. The molecule has 1 aromatic carbocycles. The molecule has 0 radical (unpaired) electrons. The molecule has 6 nitrogen and oxygen atoms in total. The second kappa shape index (κ2) is 5.57. The van der Waals surface area contributed by atoms with Gasteiger partial charge in [0.25, 0.3) is 0 Å². The molecule has 0 aliphatic carbocycles. The number of benzene rings is 1. The first kappa shape index (κ1) is 14.1. The van der Waals surface area contributed by atoms with Crippen LogP contribution in [0.2, 0.25) is 0 Å². The first-order chi connectivity index (χ1) is 8.38. The summed E-state index contributed by atoms with van der Waals surface area (Å²) in [7, 11) is -3.92. The quantitative estimate of drug-likeness (QED) is 0.375. The van der Waals surface area contributed by atoms with Crippen LogP contribution in [-0.2, 0) is 10.0 Å². The van der Waals surface area contributed by atoms with Crippen LogP contribution in [0.5, 0.6) is 0 Å². The van der Waals surface area contributed by atoms with E-state index in [1.54, 1.807) is 0 Å². The maximum absolute atomic E-state index is 13.0. The molecule has 0 amide bonds. The number of nitro benzene ring substituents is 1. The molecule has 0 saturated heterocycles. The van der Waals surface area contributed by atoms with Crippen molar-refractivity contribution < 1.29 is 17.7 Å². The van der Waals surface area contributed by atoms with E-state index in [-0.39, 0.29) is 17.9 Å². The monoisotopic (exact) mass is 272 g/mol. The van der Waals surface area contributed by atoms with E-state index in [1.165, 1.54) is 0 Å². The highest BCUT2D eigenvalue weighted by Gasteiger charge is 2.20. The largest absolute Gasteiger partial charge is 0.306 e. The summed E-state index contributed by atoms with van der Waals surface area (Å²) in [6.45, 7) is 0.00398. The van der Waals surface area contributed by atoms with Crippen LogP contribution >= 0.6 is 0 Å². The van der Waals surface area contributed by atoms with E-state index < -0.39 is 26.5 Å². The van der Waals surface area contributed by atoms with Gasteiger partial charge in [0.15, 0.2) is 0 Å². The molecular weight excluding hydrogens is 263 g/mol. The molecule has 0 bridgehead atoms. The Bertz CT molecular complexity index is 607. The number of terminal acetylenes is 1. The maximum atomic E-state index is 13.0. The fourth-order valence-electron chi connectivity index (χ4n) is 1.14. The predicted molar refractivity (Wildman–Crippen MR) is 61.7 cm³/mol. The molecule has 0 aromatic heterocycles. The Morgan fingerprint density at radius 2 is 2.17 bits per heavy atom. The lowest BCUT2D eigenvalue weighted by atomic mass is 10.3. The normalized spacial score (nSPS) is 10.9. The maximum Gasteiger partial charge on any atom is 0.306 e. The predicted octanol–water partition coefficient (Wildman–Crippen LogP) is 1.04. The molecule has 0 atom stereocenters. The van der Waals surface area contributed by atoms with Gasteiger partial charge in [-0.15, -0.1) is 12.3 Å². The van der Waals surface area contributed by atoms with Crippen molar-refractivity contribution in [2.75, 3.05) is 6.54 Å². The molecular formula is C10H9FN2O4S. The van der Waals surface area contributed by atoms with Crippen molar-refractivity contribution >= 4 is 15.7 Å². The van der Waals surface area contributed by atoms with Gasteiger partial charge in [-0.2, -0.15) is 4.39 Å². The molecule has 1 N–H and O–H groups in total. The van der Waals surface area contributed by atoms with Gasteiger partial charge in [0.1, 0.15) is 0 Å². The second-order valence-electron chi connectivity index (χ2n) is 3.22. The molecule has 8 heteroatoms. The van der Waals surface area contributed by atoms with Crippen LogP contribution in [0, 0.1) is 28.3 Å². The second-order valence-corrected chi connectivity index (χ2v) is 4.99. The SMILES string of the molecule is C#CCCNS(=O)(=O)c1ccc(F)c([N+](=O)[O-])c1. The van der Waals surface area contributed by atoms with E-state index in [9.17, 15) is 22.9 Å². The van der Waals surface area contributed by atoms with E-state index >= 15 is 0 Å². The summed E-state index contributed by atoms with van der Waals surface area (Å²) in [5.41, 5.74) is -0.894. The van der Waals surface area contributed by atoms with Crippen LogP contribution in [0.15, 0.2) is 23.1 Å². The minimum atomic E-state index is -3.92. The third-order valence-electron chi connectivity index (χ3n) is 1.99. The summed E-state index contributed by atoms with van der Waals surface area (Å²) in [6, 6.07) is 2.34. The average Bonchev–Trinajstić information content (AvgIpc) is 2.29. The first-order valence-corrected chi connectivity index (χ1v) is 6.24. The smallest absolute Gasteiger partial charge is 0.258 e. The Kier molecular flexibility index (Phi) is 4.36. The average molecular weight is 272 g/mol. The van der Waals surface area contributed by atoms with Gasteiger partial charge >= 0.3 is 5.69 Å². The third-order valence-corrected chi connectivity index (χ3v) is 3.44. The summed E-state index contributed by atoms with van der Waals surface area (Å²) in [4.78, 5) is 9.11. The third kappa shape index (κ3) is 3.26. The van der Waals surface area contributed by atoms with Gasteiger partial charge in [0.05, 0.1) is 9.82 Å². The Morgan fingerprint density at radius 3 is 2.72 bits per heavy atom. The van der Waals surface area contributed by atoms with Crippen molar-refractivity contribution in [3.63, 3.8) is 0 Å². The van der Waals surface area contributed by atoms with Crippen LogP contribution in [0.25, 0.3) is 0 Å². The molecule has 0 aliphatic rings. The Labute approximate surface area is 103 Å². The zero-order chi connectivity index (χ0) is 13.8. The highest BCUT2D eigenvalue weighted by Crippen LogP contribution is 2.21. The summed E-state index contributed by atoms with van der Waals surface area (Å²) >= 11 is 0. The van der Waals surface area contributed by atoms with E-state index in [0.717, 1.165) is 12.1 Å². The summed E-state index contributed by atoms with van der Waals surface area (Å²) in [6.07, 6.45) is 5.14. The molecule has 0 heterocycles. The van der Waals surface area contributed by atoms with E-state index in [0.29, 0.717) is 6.07 Å². The lowest BCUT2D eigenvalue weighted by Gasteiger charge is -2.05. The lowest BCUT2D eigenvalue weighted by Crippen LogP contribution is -2.24. The van der Waals surface area contributed by atoms with Crippen LogP contribution < -0.4 is 4.72 Å². The standard InChI is InChI=1S/C10H9FN2O4S/c1-2-3-6-12-18(16,17)8-4-5-9(11)10(7-8)13(14)15/h1,4-5,7,12H,3,6H2. The molecule has 18 heavy (non-hydrogen) atoms. The number of sulfonamides is 1. The number of hydrogen-bond donors (Lipinski definition) is 1. The first-order valence-electron chi connectivity index (χ1n) is 4.75. The van der Waals surface area contributed by atoms with Crippen molar-refractivity contribution in [2.24, 2.45) is 0 Å². The Morgan fingerprint density at radius 1 is 1.50 bits per heavy atom. The van der Waals surface area contributed by atoms with Crippen LogP contribution in [0.4, 0.5) is 10.1 Å². The summed E-state index contributed by atoms with van der Waals surface area (Å²) in [5.74, 6) is 1.14. The van der Waals surface area contributed by atoms with Crippen molar-refractivity contribution in [1.29, 1.82) is 0 Å². The molecule has 0 aliphatic heterocycles. The Hall–Kier alpha value is -1.98. The number of hydrogen-bond acceptors (Lipinski definition) is 4. The number of nitro groups is 1. The fourth-order valence-corrected chi connectivity index (χ4v) is 2.19. The van der Waals surface area contributed by atoms with E-state index in [2.05, 4.69) is 10.6 Å². The molecule has 0 spiro atoms. The van der Waals surface area contributed by atoms with E-state index in [1.807, 2.05) is 0 Å². The number of halogens is 1. The molecule has 96 valence electrons. The molecule has 0 saturated carbocycles. The van der Waals surface area contributed by atoms with Crippen molar-refractivity contribution in [3.8, 4) is 12.3 Å². The van der Waals surface area contributed by atoms with Crippen molar-refractivity contribution in [2.45, 2.75) is 11.3 Å². The molecule has 1 rings (SSSR count). The van der Waals surface area contributed by atoms with Crippen LogP contribution in [0.3, 0.4) is 0 Å². The number of nitrogens with one attached hydrogen (secondary N) is 1. The summed E-state index contributed by atoms with van der Waals surface area (Å²) in [5, 5.41) is 10.5. The fraction of sp³-hybridized carbons (Fsp3) is 0.200. The van der Waals surface area contributed by atoms with Gasteiger partial charge in [-0.25, -0.2) is 13.1 Å². The highest BCUT2D eigenvalue weighted by molar-refractivity contribution is 7.89. The molecule has 0 fully saturated rings. The Balaban J connectivity index is 3.07. The van der Waals surface area contributed by atoms with Gasteiger partial charge in [-0.1, -0.05) is 0 Å². The van der Waals surface area contributed by atoms with Gasteiger partial charge in [0.2, 0.25) is 15.8 Å². The topological polar surface area (TPSA) is 89.3 Å². The zero-order valence-corrected chi connectivity index (χ0v) is 9.91.